The zero-order valence-electron chi connectivity index (χ0n) is 6.44. The van der Waals surface area contributed by atoms with Gasteiger partial charge in [0.05, 0.1) is 6.20 Å². The van der Waals surface area contributed by atoms with Crippen LogP contribution in [0.5, 0.6) is 0 Å². The van der Waals surface area contributed by atoms with Crippen molar-refractivity contribution in [2.75, 3.05) is 0 Å². The Morgan fingerprint density at radius 2 is 2.38 bits per heavy atom. The van der Waals surface area contributed by atoms with Gasteiger partial charge in [-0.15, -0.1) is 0 Å². The molecular weight excluding hydrogens is 175 g/mol. The van der Waals surface area contributed by atoms with Crippen molar-refractivity contribution in [3.05, 3.63) is 36.0 Å². The van der Waals surface area contributed by atoms with Crippen LogP contribution in [-0.2, 0) is 0 Å². The lowest BCUT2D eigenvalue weighted by Crippen LogP contribution is -2.00. The topological polar surface area (TPSA) is 54.6 Å². The van der Waals surface area contributed by atoms with Crippen molar-refractivity contribution >= 4 is 11.6 Å². The molecule has 0 aliphatic heterocycles. The molecule has 1 N–H and O–H groups in total. The number of fused-ring (bicyclic) bond motifs is 1. The molecule has 2 heterocycles. The van der Waals surface area contributed by atoms with Gasteiger partial charge < -0.3 is 5.11 Å². The average Bonchev–Trinajstić information content (AvgIpc) is 2.46. The van der Waals surface area contributed by atoms with E-state index in [1.807, 2.05) is 0 Å². The molecule has 0 radical (unpaired) electrons. The standard InChI is InChI=1S/C8H5FN2O2/c9-5-1-2-11-6(8(12)13)4-10-7(11)3-5/h1-4H,(H,12,13). The van der Waals surface area contributed by atoms with E-state index in [-0.39, 0.29) is 11.3 Å². The highest BCUT2D eigenvalue weighted by Gasteiger charge is 2.09. The number of aromatic carboxylic acids is 1. The maximum Gasteiger partial charge on any atom is 0.354 e. The summed E-state index contributed by atoms with van der Waals surface area (Å²) in [7, 11) is 0. The number of nitrogens with zero attached hydrogens (tertiary/aromatic N) is 2. The van der Waals surface area contributed by atoms with Crippen LogP contribution in [0.4, 0.5) is 4.39 Å². The predicted molar refractivity (Wildman–Crippen MR) is 42.1 cm³/mol. The van der Waals surface area contributed by atoms with Crippen LogP contribution in [0, 0.1) is 5.82 Å². The Hall–Kier alpha value is -1.91. The van der Waals surface area contributed by atoms with Crippen LogP contribution < -0.4 is 0 Å². The molecule has 0 aliphatic rings. The molecule has 0 saturated carbocycles. The number of rotatable bonds is 1. The van der Waals surface area contributed by atoms with Gasteiger partial charge in [0.2, 0.25) is 0 Å². The van der Waals surface area contributed by atoms with Gasteiger partial charge in [0.25, 0.3) is 0 Å². The fraction of sp³-hybridized carbons (Fsp3) is 0. The number of halogens is 1. The lowest BCUT2D eigenvalue weighted by Gasteiger charge is -1.95. The highest BCUT2D eigenvalue weighted by molar-refractivity contribution is 5.86. The minimum atomic E-state index is -1.08. The SMILES string of the molecule is O=C(O)c1cnc2cc(F)ccn12. The molecule has 4 nitrogen and oxygen atoms in total. The van der Waals surface area contributed by atoms with Crippen LogP contribution in [0.1, 0.15) is 10.5 Å². The molecule has 0 fully saturated rings. The Kier molecular flexibility index (Phi) is 1.51. The number of carboxylic acid groups (broad SMARTS) is 1. The zero-order valence-corrected chi connectivity index (χ0v) is 6.44. The molecule has 0 atom stereocenters. The molecule has 66 valence electrons. The van der Waals surface area contributed by atoms with Crippen molar-refractivity contribution in [2.24, 2.45) is 0 Å². The van der Waals surface area contributed by atoms with E-state index in [1.54, 1.807) is 0 Å². The third kappa shape index (κ3) is 1.14. The lowest BCUT2D eigenvalue weighted by atomic mass is 10.4. The summed E-state index contributed by atoms with van der Waals surface area (Å²) in [6.45, 7) is 0. The van der Waals surface area contributed by atoms with E-state index in [0.29, 0.717) is 0 Å². The minimum Gasteiger partial charge on any atom is -0.477 e. The van der Waals surface area contributed by atoms with Crippen molar-refractivity contribution < 1.29 is 14.3 Å². The quantitative estimate of drug-likeness (QED) is 0.716. The number of carbonyl (C=O) groups is 1. The first-order chi connectivity index (χ1) is 6.18. The smallest absolute Gasteiger partial charge is 0.354 e. The summed E-state index contributed by atoms with van der Waals surface area (Å²) < 4.78 is 14.0. The third-order valence-electron chi connectivity index (χ3n) is 1.69. The summed E-state index contributed by atoms with van der Waals surface area (Å²) in [4.78, 5) is 14.3. The van der Waals surface area contributed by atoms with E-state index < -0.39 is 11.8 Å². The van der Waals surface area contributed by atoms with E-state index in [1.165, 1.54) is 28.9 Å². The van der Waals surface area contributed by atoms with Crippen molar-refractivity contribution in [1.82, 2.24) is 9.38 Å². The Morgan fingerprint density at radius 1 is 1.62 bits per heavy atom. The second-order valence-electron chi connectivity index (χ2n) is 2.52. The molecule has 2 aromatic heterocycles. The molecule has 13 heavy (non-hydrogen) atoms. The van der Waals surface area contributed by atoms with Gasteiger partial charge in [-0.05, 0) is 6.07 Å². The summed E-state index contributed by atoms with van der Waals surface area (Å²) in [6.07, 6.45) is 2.53. The van der Waals surface area contributed by atoms with Crippen LogP contribution in [-0.4, -0.2) is 20.5 Å². The number of imidazole rings is 1. The minimum absolute atomic E-state index is 0.0231. The number of carboxylic acids is 1. The zero-order chi connectivity index (χ0) is 9.42. The normalized spacial score (nSPS) is 10.5. The van der Waals surface area contributed by atoms with Gasteiger partial charge in [0.15, 0.2) is 5.69 Å². The third-order valence-corrected chi connectivity index (χ3v) is 1.69. The van der Waals surface area contributed by atoms with Gasteiger partial charge in [-0.25, -0.2) is 14.2 Å². The summed E-state index contributed by atoms with van der Waals surface area (Å²) in [5.74, 6) is -1.52. The van der Waals surface area contributed by atoms with E-state index in [0.717, 1.165) is 0 Å². The van der Waals surface area contributed by atoms with Gasteiger partial charge in [0, 0.05) is 12.3 Å². The molecule has 0 spiro atoms. The van der Waals surface area contributed by atoms with Gasteiger partial charge in [-0.1, -0.05) is 0 Å². The molecule has 2 rings (SSSR count). The van der Waals surface area contributed by atoms with E-state index in [4.69, 9.17) is 5.11 Å². The van der Waals surface area contributed by atoms with E-state index in [2.05, 4.69) is 4.98 Å². The number of pyridine rings is 1. The monoisotopic (exact) mass is 180 g/mol. The largest absolute Gasteiger partial charge is 0.477 e. The highest BCUT2D eigenvalue weighted by atomic mass is 19.1. The second-order valence-corrected chi connectivity index (χ2v) is 2.52. The summed E-state index contributed by atoms with van der Waals surface area (Å²) in [5.41, 5.74) is 0.312. The van der Waals surface area contributed by atoms with Crippen molar-refractivity contribution in [3.63, 3.8) is 0 Å². The maximum absolute atomic E-state index is 12.6. The molecule has 0 aromatic carbocycles. The first-order valence-electron chi connectivity index (χ1n) is 3.54. The first-order valence-corrected chi connectivity index (χ1v) is 3.54. The van der Waals surface area contributed by atoms with Crippen molar-refractivity contribution in [3.8, 4) is 0 Å². The Morgan fingerprint density at radius 3 is 3.08 bits per heavy atom. The summed E-state index contributed by atoms with van der Waals surface area (Å²) >= 11 is 0. The Labute approximate surface area is 72.3 Å². The second kappa shape index (κ2) is 2.55. The molecule has 2 aromatic rings. The molecule has 5 heteroatoms. The van der Waals surface area contributed by atoms with E-state index >= 15 is 0 Å². The fourth-order valence-corrected chi connectivity index (χ4v) is 1.11. The molecule has 0 saturated heterocycles. The van der Waals surface area contributed by atoms with Crippen LogP contribution >= 0.6 is 0 Å². The first kappa shape index (κ1) is 7.72. The van der Waals surface area contributed by atoms with Crippen LogP contribution in [0.15, 0.2) is 24.5 Å². The molecular formula is C8H5FN2O2. The van der Waals surface area contributed by atoms with E-state index in [9.17, 15) is 9.18 Å². The van der Waals surface area contributed by atoms with Gasteiger partial charge in [-0.3, -0.25) is 4.40 Å². The lowest BCUT2D eigenvalue weighted by molar-refractivity contribution is 0.0689. The average molecular weight is 180 g/mol. The van der Waals surface area contributed by atoms with Crippen LogP contribution in [0.2, 0.25) is 0 Å². The molecule has 0 bridgehead atoms. The molecule has 0 aliphatic carbocycles. The molecule has 0 unspecified atom stereocenters. The van der Waals surface area contributed by atoms with Gasteiger partial charge in [-0.2, -0.15) is 0 Å². The van der Waals surface area contributed by atoms with Gasteiger partial charge >= 0.3 is 5.97 Å². The highest BCUT2D eigenvalue weighted by Crippen LogP contribution is 2.08. The van der Waals surface area contributed by atoms with Crippen molar-refractivity contribution in [1.29, 1.82) is 0 Å². The summed E-state index contributed by atoms with van der Waals surface area (Å²) in [6, 6.07) is 2.35. The number of aromatic nitrogens is 2. The van der Waals surface area contributed by atoms with Crippen LogP contribution in [0.25, 0.3) is 5.65 Å². The van der Waals surface area contributed by atoms with Crippen LogP contribution in [0.3, 0.4) is 0 Å². The maximum atomic E-state index is 12.6. The molecule has 0 amide bonds. The fourth-order valence-electron chi connectivity index (χ4n) is 1.11. The van der Waals surface area contributed by atoms with Gasteiger partial charge in [0.1, 0.15) is 11.5 Å². The number of hydrogen-bond acceptors (Lipinski definition) is 2. The Balaban J connectivity index is 2.76. The van der Waals surface area contributed by atoms with Crippen molar-refractivity contribution in [2.45, 2.75) is 0 Å². The summed E-state index contributed by atoms with van der Waals surface area (Å²) in [5, 5.41) is 8.69. The number of hydrogen-bond donors (Lipinski definition) is 1. The predicted octanol–water partition coefficient (Wildman–Crippen LogP) is 1.17. The Bertz CT molecular complexity index is 478.